The van der Waals surface area contributed by atoms with Crippen LogP contribution < -0.4 is 5.32 Å². The molecule has 3 aromatic heterocycles. The minimum atomic E-state index is -0.236. The molecular formula is C18H14N4O. The molecule has 0 radical (unpaired) electrons. The van der Waals surface area contributed by atoms with E-state index in [-0.39, 0.29) is 5.91 Å². The first-order chi connectivity index (χ1) is 11.2. The number of benzene rings is 1. The molecule has 1 aromatic carbocycles. The third-order valence-electron chi connectivity index (χ3n) is 3.82. The van der Waals surface area contributed by atoms with Gasteiger partial charge in [0.15, 0.2) is 5.69 Å². The number of hydrogen-bond donors (Lipinski definition) is 1. The van der Waals surface area contributed by atoms with Crippen LogP contribution in [0.2, 0.25) is 0 Å². The summed E-state index contributed by atoms with van der Waals surface area (Å²) in [5.41, 5.74) is 2.65. The summed E-state index contributed by atoms with van der Waals surface area (Å²) in [6, 6.07) is 15.2. The average Bonchev–Trinajstić information content (AvgIpc) is 2.93. The molecule has 5 nitrogen and oxygen atoms in total. The number of nitrogens with zero attached hydrogens (tertiary/aromatic N) is 3. The summed E-state index contributed by atoms with van der Waals surface area (Å²) < 4.78 is 1.90. The van der Waals surface area contributed by atoms with Gasteiger partial charge < -0.3 is 9.72 Å². The number of pyridine rings is 2. The molecule has 0 unspecified atom stereocenters. The minimum absolute atomic E-state index is 0.236. The second-order valence-corrected chi connectivity index (χ2v) is 5.30. The summed E-state index contributed by atoms with van der Waals surface area (Å²) in [4.78, 5) is 21.4. The SMILES string of the molecule is Cc1nc(C(=O)Nc2cccc3cccnc23)c2ccccn12. The number of anilines is 1. The molecule has 3 heterocycles. The van der Waals surface area contributed by atoms with Crippen LogP contribution in [0.25, 0.3) is 16.4 Å². The van der Waals surface area contributed by atoms with Crippen molar-refractivity contribution in [3.8, 4) is 0 Å². The van der Waals surface area contributed by atoms with E-state index in [0.717, 1.165) is 22.2 Å². The van der Waals surface area contributed by atoms with Crippen molar-refractivity contribution < 1.29 is 4.79 Å². The number of para-hydroxylation sites is 1. The summed E-state index contributed by atoms with van der Waals surface area (Å²) >= 11 is 0. The summed E-state index contributed by atoms with van der Waals surface area (Å²) in [6.07, 6.45) is 3.61. The lowest BCUT2D eigenvalue weighted by Gasteiger charge is -2.07. The number of fused-ring (bicyclic) bond motifs is 2. The van der Waals surface area contributed by atoms with Crippen LogP contribution in [0.4, 0.5) is 5.69 Å². The molecule has 4 aromatic rings. The molecule has 23 heavy (non-hydrogen) atoms. The van der Waals surface area contributed by atoms with Crippen LogP contribution >= 0.6 is 0 Å². The van der Waals surface area contributed by atoms with Gasteiger partial charge in [-0.15, -0.1) is 0 Å². The van der Waals surface area contributed by atoms with Gasteiger partial charge in [-0.2, -0.15) is 0 Å². The number of aryl methyl sites for hydroxylation is 1. The molecule has 5 heteroatoms. The molecule has 1 N–H and O–H groups in total. The summed E-state index contributed by atoms with van der Waals surface area (Å²) in [5.74, 6) is 0.543. The zero-order valence-electron chi connectivity index (χ0n) is 12.5. The highest BCUT2D eigenvalue weighted by Crippen LogP contribution is 2.22. The van der Waals surface area contributed by atoms with Gasteiger partial charge >= 0.3 is 0 Å². The van der Waals surface area contributed by atoms with Crippen LogP contribution in [-0.4, -0.2) is 20.3 Å². The fraction of sp³-hybridized carbons (Fsp3) is 0.0556. The van der Waals surface area contributed by atoms with E-state index in [9.17, 15) is 4.79 Å². The second-order valence-electron chi connectivity index (χ2n) is 5.30. The maximum absolute atomic E-state index is 12.7. The Balaban J connectivity index is 1.77. The molecule has 0 saturated carbocycles. The van der Waals surface area contributed by atoms with E-state index in [1.54, 1.807) is 6.20 Å². The first-order valence-corrected chi connectivity index (χ1v) is 7.33. The maximum Gasteiger partial charge on any atom is 0.276 e. The van der Waals surface area contributed by atoms with E-state index in [1.165, 1.54) is 0 Å². The van der Waals surface area contributed by atoms with Crippen molar-refractivity contribution in [2.24, 2.45) is 0 Å². The van der Waals surface area contributed by atoms with Crippen molar-refractivity contribution in [1.82, 2.24) is 14.4 Å². The summed E-state index contributed by atoms with van der Waals surface area (Å²) in [7, 11) is 0. The Morgan fingerprint density at radius 3 is 2.87 bits per heavy atom. The van der Waals surface area contributed by atoms with Gasteiger partial charge in [-0.05, 0) is 31.2 Å². The van der Waals surface area contributed by atoms with Crippen molar-refractivity contribution >= 4 is 28.0 Å². The van der Waals surface area contributed by atoms with E-state index in [4.69, 9.17) is 0 Å². The van der Waals surface area contributed by atoms with Crippen LogP contribution in [-0.2, 0) is 0 Å². The topological polar surface area (TPSA) is 59.3 Å². The molecule has 0 aliphatic heterocycles. The lowest BCUT2D eigenvalue weighted by atomic mass is 10.2. The van der Waals surface area contributed by atoms with Gasteiger partial charge in [-0.25, -0.2) is 4.98 Å². The number of carbonyl (C=O) groups excluding carboxylic acids is 1. The van der Waals surface area contributed by atoms with Gasteiger partial charge in [0, 0.05) is 17.8 Å². The Bertz CT molecular complexity index is 1030. The number of hydrogen-bond acceptors (Lipinski definition) is 3. The molecule has 4 rings (SSSR count). The zero-order valence-corrected chi connectivity index (χ0v) is 12.5. The average molecular weight is 302 g/mol. The Morgan fingerprint density at radius 1 is 1.09 bits per heavy atom. The monoisotopic (exact) mass is 302 g/mol. The van der Waals surface area contributed by atoms with Gasteiger partial charge in [0.05, 0.1) is 16.7 Å². The zero-order chi connectivity index (χ0) is 15.8. The van der Waals surface area contributed by atoms with E-state index < -0.39 is 0 Å². The molecule has 0 bridgehead atoms. The molecule has 0 spiro atoms. The number of aromatic nitrogens is 3. The Kier molecular flexibility index (Phi) is 3.05. The van der Waals surface area contributed by atoms with Crippen LogP contribution in [0.15, 0.2) is 60.9 Å². The Morgan fingerprint density at radius 2 is 1.96 bits per heavy atom. The highest BCUT2D eigenvalue weighted by molar-refractivity contribution is 6.10. The minimum Gasteiger partial charge on any atom is -0.319 e. The molecule has 0 atom stereocenters. The number of nitrogens with one attached hydrogen (secondary N) is 1. The first-order valence-electron chi connectivity index (χ1n) is 7.33. The first kappa shape index (κ1) is 13.5. The number of amides is 1. The van der Waals surface area contributed by atoms with Gasteiger partial charge in [0.2, 0.25) is 0 Å². The molecule has 0 aliphatic carbocycles. The van der Waals surface area contributed by atoms with Crippen LogP contribution in [0.1, 0.15) is 16.3 Å². The standard InChI is InChI=1S/C18H14N4O/c1-12-20-17(15-9-2-3-11-22(12)15)18(23)21-14-8-4-6-13-7-5-10-19-16(13)14/h2-11H,1H3,(H,21,23). The molecule has 0 fully saturated rings. The maximum atomic E-state index is 12.7. The summed E-state index contributed by atoms with van der Waals surface area (Å²) in [5, 5.41) is 3.91. The molecule has 1 amide bonds. The number of imidazole rings is 1. The number of rotatable bonds is 2. The fourth-order valence-corrected chi connectivity index (χ4v) is 2.74. The smallest absolute Gasteiger partial charge is 0.276 e. The van der Waals surface area contributed by atoms with Crippen molar-refractivity contribution in [2.45, 2.75) is 6.92 Å². The molecule has 0 aliphatic rings. The van der Waals surface area contributed by atoms with Gasteiger partial charge in [-0.3, -0.25) is 9.78 Å². The molecule has 0 saturated heterocycles. The number of carbonyl (C=O) groups is 1. The predicted octanol–water partition coefficient (Wildman–Crippen LogP) is 3.44. The Labute approximate surface area is 132 Å². The quantitative estimate of drug-likeness (QED) is 0.617. The van der Waals surface area contributed by atoms with Crippen LogP contribution in [0, 0.1) is 6.92 Å². The summed E-state index contributed by atoms with van der Waals surface area (Å²) in [6.45, 7) is 1.88. The molecule has 112 valence electrons. The van der Waals surface area contributed by atoms with E-state index in [1.807, 2.05) is 66.1 Å². The lowest BCUT2D eigenvalue weighted by molar-refractivity contribution is 0.102. The molecular weight excluding hydrogens is 288 g/mol. The van der Waals surface area contributed by atoms with E-state index >= 15 is 0 Å². The van der Waals surface area contributed by atoms with Crippen molar-refractivity contribution in [2.75, 3.05) is 5.32 Å². The largest absolute Gasteiger partial charge is 0.319 e. The lowest BCUT2D eigenvalue weighted by Crippen LogP contribution is -2.13. The van der Waals surface area contributed by atoms with Gasteiger partial charge in [-0.1, -0.05) is 24.3 Å². The predicted molar refractivity (Wildman–Crippen MR) is 89.6 cm³/mol. The van der Waals surface area contributed by atoms with E-state index in [2.05, 4.69) is 15.3 Å². The van der Waals surface area contributed by atoms with Gasteiger partial charge in [0.25, 0.3) is 5.91 Å². The van der Waals surface area contributed by atoms with Gasteiger partial charge in [0.1, 0.15) is 5.82 Å². The van der Waals surface area contributed by atoms with Crippen LogP contribution in [0.3, 0.4) is 0 Å². The van der Waals surface area contributed by atoms with Crippen molar-refractivity contribution in [3.63, 3.8) is 0 Å². The fourth-order valence-electron chi connectivity index (χ4n) is 2.74. The third-order valence-corrected chi connectivity index (χ3v) is 3.82. The third kappa shape index (κ3) is 2.23. The van der Waals surface area contributed by atoms with Crippen molar-refractivity contribution in [3.05, 3.63) is 72.4 Å². The van der Waals surface area contributed by atoms with Crippen LogP contribution in [0.5, 0.6) is 0 Å². The van der Waals surface area contributed by atoms with Crippen molar-refractivity contribution in [1.29, 1.82) is 0 Å². The highest BCUT2D eigenvalue weighted by atomic mass is 16.1. The Hall–Kier alpha value is -3.21. The highest BCUT2D eigenvalue weighted by Gasteiger charge is 2.16. The second kappa shape index (κ2) is 5.21. The van der Waals surface area contributed by atoms with E-state index in [0.29, 0.717) is 11.4 Å². The normalized spacial score (nSPS) is 11.0.